The van der Waals surface area contributed by atoms with E-state index in [0.29, 0.717) is 0 Å². The van der Waals surface area contributed by atoms with E-state index in [2.05, 4.69) is 17.3 Å². The molecule has 0 aliphatic carbocycles. The van der Waals surface area contributed by atoms with E-state index in [9.17, 15) is 4.79 Å². The van der Waals surface area contributed by atoms with Gasteiger partial charge in [0.05, 0.1) is 17.0 Å². The fourth-order valence-electron chi connectivity index (χ4n) is 1.55. The van der Waals surface area contributed by atoms with Gasteiger partial charge in [-0.05, 0) is 24.3 Å². The normalized spacial score (nSPS) is 10.8. The van der Waals surface area contributed by atoms with Gasteiger partial charge in [-0.1, -0.05) is 6.92 Å². The molecule has 0 atom stereocenters. The van der Waals surface area contributed by atoms with Crippen LogP contribution >= 0.6 is 34.4 Å². The number of thioether (sulfide) groups is 1. The molecule has 102 valence electrons. The van der Waals surface area contributed by atoms with E-state index in [1.54, 1.807) is 11.3 Å². The summed E-state index contributed by atoms with van der Waals surface area (Å²) in [6, 6.07) is 3.83. The highest BCUT2D eigenvalue weighted by Crippen LogP contribution is 2.30. The average molecular weight is 313 g/mol. The van der Waals surface area contributed by atoms with E-state index in [0.717, 1.165) is 32.0 Å². The predicted molar refractivity (Wildman–Crippen MR) is 83.2 cm³/mol. The third-order valence-corrected chi connectivity index (χ3v) is 5.68. The van der Waals surface area contributed by atoms with Gasteiger partial charge in [0.1, 0.15) is 5.01 Å². The van der Waals surface area contributed by atoms with Crippen LogP contribution in [0.4, 0.5) is 0 Å². The lowest BCUT2D eigenvalue weighted by Crippen LogP contribution is -1.96. The fraction of sp³-hybridized carbons (Fsp3) is 0.385. The lowest BCUT2D eigenvalue weighted by Gasteiger charge is -1.94. The van der Waals surface area contributed by atoms with Crippen molar-refractivity contribution < 1.29 is 9.90 Å². The maximum atomic E-state index is 10.7. The molecule has 1 N–H and O–H groups in total. The van der Waals surface area contributed by atoms with Gasteiger partial charge in [0, 0.05) is 16.0 Å². The molecule has 2 rings (SSSR count). The molecule has 0 amide bonds. The summed E-state index contributed by atoms with van der Waals surface area (Å²) in [5, 5.41) is 12.0. The van der Waals surface area contributed by atoms with Crippen molar-refractivity contribution in [2.24, 2.45) is 0 Å². The number of carboxylic acid groups (broad SMARTS) is 1. The van der Waals surface area contributed by atoms with Gasteiger partial charge >= 0.3 is 5.97 Å². The molecule has 0 radical (unpaired) electrons. The molecule has 2 heterocycles. The highest BCUT2D eigenvalue weighted by molar-refractivity contribution is 7.98. The van der Waals surface area contributed by atoms with Gasteiger partial charge < -0.3 is 5.11 Å². The Labute approximate surface area is 124 Å². The van der Waals surface area contributed by atoms with Crippen molar-refractivity contribution in [2.75, 3.05) is 5.75 Å². The number of hydrogen-bond acceptors (Lipinski definition) is 5. The van der Waals surface area contributed by atoms with Crippen molar-refractivity contribution in [3.63, 3.8) is 0 Å². The molecule has 3 nitrogen and oxygen atoms in total. The summed E-state index contributed by atoms with van der Waals surface area (Å²) in [7, 11) is 0. The first-order valence-electron chi connectivity index (χ1n) is 6.02. The molecule has 6 heteroatoms. The largest absolute Gasteiger partial charge is 0.481 e. The first-order valence-corrected chi connectivity index (χ1v) is 8.87. The molecule has 19 heavy (non-hydrogen) atoms. The van der Waals surface area contributed by atoms with Gasteiger partial charge in [0.15, 0.2) is 0 Å². The van der Waals surface area contributed by atoms with Crippen molar-refractivity contribution in [1.29, 1.82) is 0 Å². The van der Waals surface area contributed by atoms with Crippen molar-refractivity contribution in [2.45, 2.75) is 25.5 Å². The molecule has 0 fully saturated rings. The minimum Gasteiger partial charge on any atom is -0.481 e. The quantitative estimate of drug-likeness (QED) is 0.780. The second-order valence-corrected chi connectivity index (χ2v) is 7.23. The third-order valence-electron chi connectivity index (χ3n) is 2.37. The highest BCUT2D eigenvalue weighted by atomic mass is 32.2. The van der Waals surface area contributed by atoms with Gasteiger partial charge in [0.2, 0.25) is 0 Å². The molecular weight excluding hydrogens is 298 g/mol. The molecule has 0 aromatic carbocycles. The Hall–Kier alpha value is -0.850. The second kappa shape index (κ2) is 7.07. The number of carboxylic acids is 1. The lowest BCUT2D eigenvalue weighted by atomic mass is 10.3. The summed E-state index contributed by atoms with van der Waals surface area (Å²) in [6.07, 6.45) is 1.28. The summed E-state index contributed by atoms with van der Waals surface area (Å²) in [5.41, 5.74) is 0.971. The fourth-order valence-corrected chi connectivity index (χ4v) is 4.36. The van der Waals surface area contributed by atoms with E-state index < -0.39 is 5.97 Å². The molecule has 0 saturated carbocycles. The van der Waals surface area contributed by atoms with Crippen LogP contribution in [0.2, 0.25) is 0 Å². The minimum atomic E-state index is -0.789. The summed E-state index contributed by atoms with van der Waals surface area (Å²) in [4.78, 5) is 17.2. The van der Waals surface area contributed by atoms with E-state index in [-0.39, 0.29) is 6.42 Å². The van der Waals surface area contributed by atoms with Gasteiger partial charge in [-0.3, -0.25) is 4.79 Å². The van der Waals surface area contributed by atoms with Crippen molar-refractivity contribution >= 4 is 40.4 Å². The van der Waals surface area contributed by atoms with Crippen molar-refractivity contribution in [3.05, 3.63) is 27.4 Å². The summed E-state index contributed by atoms with van der Waals surface area (Å²) in [5.74, 6) is 1.34. The summed E-state index contributed by atoms with van der Waals surface area (Å²) >= 11 is 5.09. The standard InChI is InChI=1S/C13H15NO2S3/c1-2-5-17-8-12-14-10(7-18-12)11-4-3-9(19-11)6-13(15)16/h3-4,7H,2,5-6,8H2,1H3,(H,15,16). The number of hydrogen-bond donors (Lipinski definition) is 1. The van der Waals surface area contributed by atoms with E-state index in [1.807, 2.05) is 23.9 Å². The van der Waals surface area contributed by atoms with Crippen molar-refractivity contribution in [1.82, 2.24) is 4.98 Å². The van der Waals surface area contributed by atoms with Crippen LogP contribution in [0.3, 0.4) is 0 Å². The SMILES string of the molecule is CCCSCc1nc(-c2ccc(CC(=O)O)s2)cs1. The molecule has 0 unspecified atom stereocenters. The van der Waals surface area contributed by atoms with E-state index >= 15 is 0 Å². The Kier molecular flexibility index (Phi) is 5.42. The number of aromatic nitrogens is 1. The van der Waals surface area contributed by atoms with Crippen LogP contribution in [-0.4, -0.2) is 21.8 Å². The molecular formula is C13H15NO2S3. The number of thiophene rings is 1. The Morgan fingerprint density at radius 2 is 2.32 bits per heavy atom. The van der Waals surface area contributed by atoms with Crippen LogP contribution < -0.4 is 0 Å². The maximum absolute atomic E-state index is 10.7. The number of rotatable bonds is 7. The minimum absolute atomic E-state index is 0.0913. The van der Waals surface area contributed by atoms with Crippen LogP contribution in [-0.2, 0) is 17.0 Å². The molecule has 2 aromatic rings. The Morgan fingerprint density at radius 3 is 3.05 bits per heavy atom. The van der Waals surface area contributed by atoms with Crippen LogP contribution in [0.1, 0.15) is 23.2 Å². The molecule has 0 aliphatic heterocycles. The summed E-state index contributed by atoms with van der Waals surface area (Å²) in [6.45, 7) is 2.18. The maximum Gasteiger partial charge on any atom is 0.308 e. The van der Waals surface area contributed by atoms with Gasteiger partial charge in [-0.15, -0.1) is 22.7 Å². The van der Waals surface area contributed by atoms with Crippen LogP contribution in [0.15, 0.2) is 17.5 Å². The van der Waals surface area contributed by atoms with Gasteiger partial charge in [-0.2, -0.15) is 11.8 Å². The molecule has 0 spiro atoms. The van der Waals surface area contributed by atoms with Crippen LogP contribution in [0.25, 0.3) is 10.6 Å². The number of aliphatic carboxylic acids is 1. The smallest absolute Gasteiger partial charge is 0.308 e. The zero-order valence-electron chi connectivity index (χ0n) is 10.6. The molecule has 2 aromatic heterocycles. The lowest BCUT2D eigenvalue weighted by molar-refractivity contribution is -0.136. The predicted octanol–water partition coefficient (Wildman–Crippen LogP) is 4.14. The van der Waals surface area contributed by atoms with Crippen molar-refractivity contribution in [3.8, 4) is 10.6 Å². The van der Waals surface area contributed by atoms with E-state index in [4.69, 9.17) is 5.11 Å². The monoisotopic (exact) mass is 313 g/mol. The van der Waals surface area contributed by atoms with Crippen LogP contribution in [0.5, 0.6) is 0 Å². The molecule has 0 aliphatic rings. The topological polar surface area (TPSA) is 50.2 Å². The third kappa shape index (κ3) is 4.33. The Balaban J connectivity index is 2.01. The number of nitrogens with zero attached hydrogens (tertiary/aromatic N) is 1. The Morgan fingerprint density at radius 1 is 1.47 bits per heavy atom. The number of thiazole rings is 1. The van der Waals surface area contributed by atoms with Gasteiger partial charge in [-0.25, -0.2) is 4.98 Å². The van der Waals surface area contributed by atoms with E-state index in [1.165, 1.54) is 17.8 Å². The second-order valence-electron chi connectivity index (χ2n) is 4.02. The Bertz CT molecular complexity index is 548. The number of carbonyl (C=O) groups is 1. The first kappa shape index (κ1) is 14.6. The zero-order chi connectivity index (χ0) is 13.7. The zero-order valence-corrected chi connectivity index (χ0v) is 13.0. The summed E-state index contributed by atoms with van der Waals surface area (Å²) < 4.78 is 0. The molecule has 0 bridgehead atoms. The highest BCUT2D eigenvalue weighted by Gasteiger charge is 2.09. The van der Waals surface area contributed by atoms with Gasteiger partial charge in [0.25, 0.3) is 0 Å². The van der Waals surface area contributed by atoms with Crippen LogP contribution in [0, 0.1) is 0 Å². The average Bonchev–Trinajstić information content (AvgIpc) is 2.97. The molecule has 0 saturated heterocycles. The first-order chi connectivity index (χ1) is 9.19.